The highest BCUT2D eigenvalue weighted by atomic mass is 14.9. The maximum absolute atomic E-state index is 3.60. The van der Waals surface area contributed by atoms with Crippen LogP contribution in [-0.4, -0.2) is 13.1 Å². The van der Waals surface area contributed by atoms with Gasteiger partial charge in [-0.1, -0.05) is 52.9 Å². The van der Waals surface area contributed by atoms with E-state index in [4.69, 9.17) is 0 Å². The van der Waals surface area contributed by atoms with Gasteiger partial charge in [-0.15, -0.1) is 0 Å². The molecule has 0 aliphatic heterocycles. The van der Waals surface area contributed by atoms with Crippen LogP contribution in [0.1, 0.15) is 65.7 Å². The van der Waals surface area contributed by atoms with E-state index >= 15 is 0 Å². The minimum atomic E-state index is 0.629. The molecule has 1 N–H and O–H groups in total. The molecule has 1 unspecified atom stereocenters. The fraction of sp³-hybridized carbons (Fsp3) is 1.00. The molecular formula is C14H29N. The van der Waals surface area contributed by atoms with Gasteiger partial charge < -0.3 is 5.32 Å². The summed E-state index contributed by atoms with van der Waals surface area (Å²) in [7, 11) is 0. The van der Waals surface area contributed by atoms with Gasteiger partial charge in [0.05, 0.1) is 0 Å². The monoisotopic (exact) mass is 211 g/mol. The summed E-state index contributed by atoms with van der Waals surface area (Å²) in [5.41, 5.74) is 0.629. The van der Waals surface area contributed by atoms with E-state index in [0.717, 1.165) is 12.5 Å². The van der Waals surface area contributed by atoms with Gasteiger partial charge in [0.1, 0.15) is 0 Å². The molecule has 0 heterocycles. The first-order valence-corrected chi connectivity index (χ1v) is 6.96. The van der Waals surface area contributed by atoms with Gasteiger partial charge in [0, 0.05) is 6.54 Å². The van der Waals surface area contributed by atoms with E-state index in [0.29, 0.717) is 5.41 Å². The van der Waals surface area contributed by atoms with E-state index in [1.807, 2.05) is 0 Å². The van der Waals surface area contributed by atoms with E-state index in [9.17, 15) is 0 Å². The molecule has 0 aromatic heterocycles. The van der Waals surface area contributed by atoms with Gasteiger partial charge in [0.15, 0.2) is 0 Å². The molecule has 0 spiro atoms. The second kappa shape index (κ2) is 6.52. The van der Waals surface area contributed by atoms with Crippen molar-refractivity contribution in [2.75, 3.05) is 13.1 Å². The maximum atomic E-state index is 3.60. The van der Waals surface area contributed by atoms with Crippen molar-refractivity contribution in [2.24, 2.45) is 11.3 Å². The molecule has 1 saturated carbocycles. The van der Waals surface area contributed by atoms with Crippen molar-refractivity contribution in [1.29, 1.82) is 0 Å². The van der Waals surface area contributed by atoms with Crippen LogP contribution in [0.4, 0.5) is 0 Å². The molecule has 0 aromatic carbocycles. The molecule has 0 bridgehead atoms. The summed E-state index contributed by atoms with van der Waals surface area (Å²) >= 11 is 0. The van der Waals surface area contributed by atoms with Crippen LogP contribution in [0.3, 0.4) is 0 Å². The first-order valence-electron chi connectivity index (χ1n) is 6.96. The maximum Gasteiger partial charge on any atom is 0.00102 e. The Morgan fingerprint density at radius 2 is 1.80 bits per heavy atom. The molecule has 1 aliphatic rings. The third kappa shape index (κ3) is 3.48. The molecule has 15 heavy (non-hydrogen) atoms. The first-order chi connectivity index (χ1) is 7.25. The van der Waals surface area contributed by atoms with Crippen molar-refractivity contribution in [1.82, 2.24) is 5.32 Å². The SMILES string of the molecule is CCCC(C)C1(CNCC)CCCCC1. The number of hydrogen-bond donors (Lipinski definition) is 1. The second-order valence-corrected chi connectivity index (χ2v) is 5.39. The summed E-state index contributed by atoms with van der Waals surface area (Å²) in [5, 5.41) is 3.60. The van der Waals surface area contributed by atoms with Crippen molar-refractivity contribution in [3.05, 3.63) is 0 Å². The highest BCUT2D eigenvalue weighted by Gasteiger charge is 2.36. The van der Waals surface area contributed by atoms with Crippen molar-refractivity contribution < 1.29 is 0 Å². The second-order valence-electron chi connectivity index (χ2n) is 5.39. The summed E-state index contributed by atoms with van der Waals surface area (Å²) in [6, 6.07) is 0. The van der Waals surface area contributed by atoms with Crippen LogP contribution in [0.2, 0.25) is 0 Å². The quantitative estimate of drug-likeness (QED) is 0.700. The predicted octanol–water partition coefficient (Wildman–Crippen LogP) is 3.98. The third-order valence-electron chi connectivity index (χ3n) is 4.34. The molecule has 1 fully saturated rings. The highest BCUT2D eigenvalue weighted by Crippen LogP contribution is 2.43. The third-order valence-corrected chi connectivity index (χ3v) is 4.34. The van der Waals surface area contributed by atoms with E-state index in [1.54, 1.807) is 0 Å². The van der Waals surface area contributed by atoms with E-state index in [-0.39, 0.29) is 0 Å². The fourth-order valence-corrected chi connectivity index (χ4v) is 3.21. The zero-order chi connectivity index (χ0) is 11.1. The molecule has 0 saturated heterocycles. The Morgan fingerprint density at radius 3 is 2.33 bits per heavy atom. The van der Waals surface area contributed by atoms with Crippen molar-refractivity contribution >= 4 is 0 Å². The molecule has 1 aliphatic carbocycles. The lowest BCUT2D eigenvalue weighted by molar-refractivity contribution is 0.0985. The lowest BCUT2D eigenvalue weighted by Crippen LogP contribution is -2.41. The van der Waals surface area contributed by atoms with Crippen molar-refractivity contribution in [3.8, 4) is 0 Å². The summed E-state index contributed by atoms with van der Waals surface area (Å²) in [6.45, 7) is 9.40. The lowest BCUT2D eigenvalue weighted by Gasteiger charge is -2.42. The normalized spacial score (nSPS) is 22.6. The summed E-state index contributed by atoms with van der Waals surface area (Å²) in [5.74, 6) is 0.904. The van der Waals surface area contributed by atoms with Crippen LogP contribution in [0.15, 0.2) is 0 Å². The largest absolute Gasteiger partial charge is 0.316 e. The Balaban J connectivity index is 2.56. The molecule has 1 rings (SSSR count). The summed E-state index contributed by atoms with van der Waals surface area (Å²) in [4.78, 5) is 0. The first kappa shape index (κ1) is 13.0. The number of hydrogen-bond acceptors (Lipinski definition) is 1. The average molecular weight is 211 g/mol. The van der Waals surface area contributed by atoms with E-state index < -0.39 is 0 Å². The van der Waals surface area contributed by atoms with Gasteiger partial charge >= 0.3 is 0 Å². The Hall–Kier alpha value is -0.0400. The fourth-order valence-electron chi connectivity index (χ4n) is 3.21. The van der Waals surface area contributed by atoms with Gasteiger partial charge in [0.25, 0.3) is 0 Å². The lowest BCUT2D eigenvalue weighted by atomic mass is 9.65. The van der Waals surface area contributed by atoms with E-state index in [1.165, 1.54) is 51.5 Å². The van der Waals surface area contributed by atoms with Gasteiger partial charge in [0.2, 0.25) is 0 Å². The molecule has 0 aromatic rings. The van der Waals surface area contributed by atoms with Crippen molar-refractivity contribution in [3.63, 3.8) is 0 Å². The zero-order valence-electron chi connectivity index (χ0n) is 10.9. The van der Waals surface area contributed by atoms with Crippen LogP contribution >= 0.6 is 0 Å². The minimum absolute atomic E-state index is 0.629. The van der Waals surface area contributed by atoms with Crippen LogP contribution in [-0.2, 0) is 0 Å². The van der Waals surface area contributed by atoms with Gasteiger partial charge in [-0.25, -0.2) is 0 Å². The smallest absolute Gasteiger partial charge is 0.00102 e. The molecule has 0 amide bonds. The minimum Gasteiger partial charge on any atom is -0.316 e. The number of nitrogens with one attached hydrogen (secondary N) is 1. The highest BCUT2D eigenvalue weighted by molar-refractivity contribution is 4.88. The molecular weight excluding hydrogens is 182 g/mol. The molecule has 1 heteroatoms. The van der Waals surface area contributed by atoms with Crippen LogP contribution < -0.4 is 5.32 Å². The molecule has 1 atom stereocenters. The Labute approximate surface area is 96.0 Å². The molecule has 90 valence electrons. The van der Waals surface area contributed by atoms with Gasteiger partial charge in [-0.3, -0.25) is 0 Å². The number of rotatable bonds is 6. The van der Waals surface area contributed by atoms with Crippen molar-refractivity contribution in [2.45, 2.75) is 65.7 Å². The molecule has 1 nitrogen and oxygen atoms in total. The Bertz CT molecular complexity index is 159. The predicted molar refractivity (Wildman–Crippen MR) is 68.1 cm³/mol. The van der Waals surface area contributed by atoms with Gasteiger partial charge in [-0.05, 0) is 30.7 Å². The molecule has 0 radical (unpaired) electrons. The topological polar surface area (TPSA) is 12.0 Å². The zero-order valence-corrected chi connectivity index (χ0v) is 10.9. The van der Waals surface area contributed by atoms with Crippen LogP contribution in [0, 0.1) is 11.3 Å². The van der Waals surface area contributed by atoms with Gasteiger partial charge in [-0.2, -0.15) is 0 Å². The van der Waals surface area contributed by atoms with E-state index in [2.05, 4.69) is 26.1 Å². The van der Waals surface area contributed by atoms with Crippen LogP contribution in [0.5, 0.6) is 0 Å². The summed E-state index contributed by atoms with van der Waals surface area (Å²) < 4.78 is 0. The standard InChI is InChI=1S/C14H29N/c1-4-9-13(3)14(12-15-5-2)10-7-6-8-11-14/h13,15H,4-12H2,1-3H3. The Kier molecular flexibility index (Phi) is 5.66. The van der Waals surface area contributed by atoms with Crippen LogP contribution in [0.25, 0.3) is 0 Å². The average Bonchev–Trinajstić information content (AvgIpc) is 2.28. The Morgan fingerprint density at radius 1 is 1.13 bits per heavy atom. The summed E-state index contributed by atoms with van der Waals surface area (Å²) in [6.07, 6.45) is 10.0.